The average Bonchev–Trinajstić information content (AvgIpc) is 3.35. The molecule has 8 heteroatoms. The summed E-state index contributed by atoms with van der Waals surface area (Å²) >= 11 is 3.81. The van der Waals surface area contributed by atoms with Gasteiger partial charge >= 0.3 is 5.97 Å². The van der Waals surface area contributed by atoms with Gasteiger partial charge in [0.25, 0.3) is 0 Å². The third-order valence-corrected chi connectivity index (χ3v) is 7.02. The zero-order valence-electron chi connectivity index (χ0n) is 19.8. The molecule has 178 valence electrons. The molecule has 0 bridgehead atoms. The highest BCUT2D eigenvalue weighted by Gasteiger charge is 2.26. The number of anilines is 1. The lowest BCUT2D eigenvalue weighted by Crippen LogP contribution is -2.10. The number of para-hydroxylation sites is 1. The molecule has 0 amide bonds. The normalized spacial score (nSPS) is 11.4. The molecule has 0 unspecified atom stereocenters. The smallest absolute Gasteiger partial charge is 0.357 e. The second-order valence-electron chi connectivity index (χ2n) is 8.32. The van der Waals surface area contributed by atoms with Crippen LogP contribution in [0.25, 0.3) is 33.4 Å². The van der Waals surface area contributed by atoms with E-state index in [0.29, 0.717) is 24.3 Å². The zero-order chi connectivity index (χ0) is 24.7. The van der Waals surface area contributed by atoms with Gasteiger partial charge in [0, 0.05) is 33.3 Å². The Labute approximate surface area is 211 Å². The SMILES string of the molecule is CCOC(=O)c1cc(C)c2nc(CC)n(Cc3c4ccocc-4c(Br)c3-c3ccccc3N)c2n1. The van der Waals surface area contributed by atoms with Gasteiger partial charge in [-0.2, -0.15) is 0 Å². The number of ether oxygens (including phenoxy) is 1. The van der Waals surface area contributed by atoms with Gasteiger partial charge in [-0.05, 0) is 64.7 Å². The van der Waals surface area contributed by atoms with Crippen LogP contribution in [-0.2, 0) is 17.7 Å². The topological polar surface area (TPSA) is 96.2 Å². The number of carbonyl (C=O) groups excluding carboxylic acids is 1. The second kappa shape index (κ2) is 9.19. The number of hydrogen-bond donors (Lipinski definition) is 1. The molecule has 0 saturated heterocycles. The standard InChI is InChI=1S/C27H25BrN4O3/c1-4-22-31-25-15(3)12-21(27(33)35-5-2)30-26(25)32(22)13-18-16-10-11-34-14-19(16)24(28)23(18)17-8-6-7-9-20(17)29/h6-12,14H,4-5,13,29H2,1-3H3. The molecule has 3 aromatic rings. The van der Waals surface area contributed by atoms with E-state index in [4.69, 9.17) is 24.9 Å². The van der Waals surface area contributed by atoms with Gasteiger partial charge in [-0.25, -0.2) is 14.8 Å². The van der Waals surface area contributed by atoms with Gasteiger partial charge in [0.2, 0.25) is 0 Å². The number of aromatic nitrogens is 3. The van der Waals surface area contributed by atoms with E-state index in [-0.39, 0.29) is 12.3 Å². The van der Waals surface area contributed by atoms with Gasteiger partial charge in [-0.3, -0.25) is 0 Å². The highest BCUT2D eigenvalue weighted by molar-refractivity contribution is 9.10. The van der Waals surface area contributed by atoms with Gasteiger partial charge in [0.1, 0.15) is 11.3 Å². The molecule has 35 heavy (non-hydrogen) atoms. The van der Waals surface area contributed by atoms with Crippen LogP contribution in [0.4, 0.5) is 5.69 Å². The highest BCUT2D eigenvalue weighted by atomic mass is 79.9. The average molecular weight is 533 g/mol. The van der Waals surface area contributed by atoms with Crippen LogP contribution in [0.3, 0.4) is 0 Å². The molecule has 0 spiro atoms. The van der Waals surface area contributed by atoms with E-state index in [9.17, 15) is 4.79 Å². The summed E-state index contributed by atoms with van der Waals surface area (Å²) in [5, 5.41) is 0. The quantitative estimate of drug-likeness (QED) is 0.205. The summed E-state index contributed by atoms with van der Waals surface area (Å²) in [5.41, 5.74) is 14.7. The van der Waals surface area contributed by atoms with Crippen molar-refractivity contribution in [3.8, 4) is 22.3 Å². The first kappa shape index (κ1) is 23.1. The molecule has 7 nitrogen and oxygen atoms in total. The molecule has 2 aromatic heterocycles. The van der Waals surface area contributed by atoms with Crippen LogP contribution in [0.1, 0.15) is 41.3 Å². The number of nitrogen functional groups attached to an aromatic ring is 1. The number of benzene rings is 1. The Hall–Kier alpha value is -3.65. The van der Waals surface area contributed by atoms with E-state index in [1.807, 2.05) is 37.3 Å². The lowest BCUT2D eigenvalue weighted by molar-refractivity contribution is 0.0519. The maximum Gasteiger partial charge on any atom is 0.357 e. The first-order chi connectivity index (χ1) is 16.9. The van der Waals surface area contributed by atoms with Crippen molar-refractivity contribution < 1.29 is 13.9 Å². The molecule has 0 fully saturated rings. The minimum absolute atomic E-state index is 0.278. The maximum absolute atomic E-state index is 12.5. The summed E-state index contributed by atoms with van der Waals surface area (Å²) < 4.78 is 13.7. The number of halogens is 1. The number of nitrogens with two attached hydrogens (primary N) is 1. The number of pyridine rings is 1. The molecule has 1 aromatic carbocycles. The number of aryl methyl sites for hydroxylation is 2. The van der Waals surface area contributed by atoms with Crippen molar-refractivity contribution in [1.29, 1.82) is 0 Å². The lowest BCUT2D eigenvalue weighted by Gasteiger charge is -2.13. The summed E-state index contributed by atoms with van der Waals surface area (Å²) in [6.45, 7) is 6.57. The second-order valence-corrected chi connectivity index (χ2v) is 9.12. The van der Waals surface area contributed by atoms with E-state index >= 15 is 0 Å². The molecule has 2 N–H and O–H groups in total. The minimum Gasteiger partial charge on any atom is -0.472 e. The molecule has 5 rings (SSSR count). The Kier molecular flexibility index (Phi) is 6.06. The number of nitrogens with zero attached hydrogens (tertiary/aromatic N) is 3. The summed E-state index contributed by atoms with van der Waals surface area (Å²) in [4.78, 5) is 22.1. The third-order valence-electron chi connectivity index (χ3n) is 6.19. The van der Waals surface area contributed by atoms with Crippen LogP contribution >= 0.6 is 15.9 Å². The van der Waals surface area contributed by atoms with Gasteiger partial charge in [0.05, 0.1) is 25.7 Å². The predicted molar refractivity (Wildman–Crippen MR) is 140 cm³/mol. The van der Waals surface area contributed by atoms with E-state index in [2.05, 4.69) is 27.4 Å². The number of rotatable bonds is 6. The number of esters is 1. The zero-order valence-corrected chi connectivity index (χ0v) is 21.3. The molecule has 2 aliphatic rings. The fourth-order valence-electron chi connectivity index (χ4n) is 4.56. The summed E-state index contributed by atoms with van der Waals surface area (Å²) in [6, 6.07) is 11.5. The highest BCUT2D eigenvalue weighted by Crippen LogP contribution is 2.47. The third kappa shape index (κ3) is 3.87. The molecule has 0 radical (unpaired) electrons. The summed E-state index contributed by atoms with van der Waals surface area (Å²) in [7, 11) is 0. The van der Waals surface area contributed by atoms with Crippen molar-refractivity contribution in [2.75, 3.05) is 12.3 Å². The molecule has 0 atom stereocenters. The fourth-order valence-corrected chi connectivity index (χ4v) is 5.32. The molecular formula is C27H25BrN4O3. The number of carbonyl (C=O) groups is 1. The molecule has 3 heterocycles. The van der Waals surface area contributed by atoms with Crippen molar-refractivity contribution >= 4 is 38.8 Å². The van der Waals surface area contributed by atoms with Gasteiger partial charge in [0.15, 0.2) is 11.3 Å². The number of imidazole rings is 1. The molecule has 1 aliphatic carbocycles. The monoisotopic (exact) mass is 532 g/mol. The Balaban J connectivity index is 1.76. The number of fused-ring (bicyclic) bond motifs is 2. The lowest BCUT2D eigenvalue weighted by atomic mass is 10.0. The van der Waals surface area contributed by atoms with E-state index < -0.39 is 5.97 Å². The number of hydrogen-bond acceptors (Lipinski definition) is 6. The predicted octanol–water partition coefficient (Wildman–Crippen LogP) is 6.24. The van der Waals surface area contributed by atoms with Crippen molar-refractivity contribution in [3.05, 3.63) is 76.0 Å². The van der Waals surface area contributed by atoms with E-state index in [0.717, 1.165) is 49.2 Å². The van der Waals surface area contributed by atoms with Crippen molar-refractivity contribution in [2.45, 2.75) is 33.7 Å². The van der Waals surface area contributed by atoms with Gasteiger partial charge < -0.3 is 19.5 Å². The summed E-state index contributed by atoms with van der Waals surface area (Å²) in [5.74, 6) is 0.443. The summed E-state index contributed by atoms with van der Waals surface area (Å²) in [6.07, 6.45) is 4.12. The van der Waals surface area contributed by atoms with Crippen LogP contribution in [0.5, 0.6) is 0 Å². The van der Waals surface area contributed by atoms with Crippen LogP contribution in [0.2, 0.25) is 0 Å². The first-order valence-electron chi connectivity index (χ1n) is 11.5. The van der Waals surface area contributed by atoms with Crippen LogP contribution in [-0.4, -0.2) is 27.1 Å². The van der Waals surface area contributed by atoms with Gasteiger partial charge in [-0.1, -0.05) is 25.1 Å². The largest absolute Gasteiger partial charge is 0.472 e. The fraction of sp³-hybridized carbons (Fsp3) is 0.222. The Bertz CT molecular complexity index is 1540. The van der Waals surface area contributed by atoms with Crippen molar-refractivity contribution in [1.82, 2.24) is 14.5 Å². The van der Waals surface area contributed by atoms with E-state index in [1.54, 1.807) is 25.5 Å². The van der Waals surface area contributed by atoms with E-state index in [1.165, 1.54) is 0 Å². The Morgan fingerprint density at radius 1 is 1.14 bits per heavy atom. The molecule has 1 aliphatic heterocycles. The van der Waals surface area contributed by atoms with Crippen LogP contribution in [0, 0.1) is 6.92 Å². The minimum atomic E-state index is -0.441. The Morgan fingerprint density at radius 3 is 2.69 bits per heavy atom. The van der Waals surface area contributed by atoms with Crippen LogP contribution in [0.15, 0.2) is 57.8 Å². The molecule has 0 saturated carbocycles. The van der Waals surface area contributed by atoms with Gasteiger partial charge in [-0.15, -0.1) is 0 Å². The van der Waals surface area contributed by atoms with Crippen molar-refractivity contribution in [2.24, 2.45) is 0 Å². The Morgan fingerprint density at radius 2 is 1.94 bits per heavy atom. The maximum atomic E-state index is 12.5. The van der Waals surface area contributed by atoms with Crippen molar-refractivity contribution in [3.63, 3.8) is 0 Å². The van der Waals surface area contributed by atoms with Crippen LogP contribution < -0.4 is 5.73 Å². The molecular weight excluding hydrogens is 508 g/mol. The first-order valence-corrected chi connectivity index (χ1v) is 12.3.